The Morgan fingerprint density at radius 3 is 2.89 bits per heavy atom. The summed E-state index contributed by atoms with van der Waals surface area (Å²) in [5.41, 5.74) is 11.0. The van der Waals surface area contributed by atoms with Crippen LogP contribution in [0.3, 0.4) is 0 Å². The molecule has 54 valence electrons. The molecule has 3 heteroatoms. The molecule has 1 rings (SSSR count). The Hall–Kier alpha value is -0.120. The lowest BCUT2D eigenvalue weighted by Crippen LogP contribution is -2.37. The average molecular weight is 130 g/mol. The largest absolute Gasteiger partial charge is 0.381 e. The van der Waals surface area contributed by atoms with Gasteiger partial charge in [0.25, 0.3) is 0 Å². The second-order valence-electron chi connectivity index (χ2n) is 2.52. The van der Waals surface area contributed by atoms with Crippen molar-refractivity contribution >= 4 is 0 Å². The molecule has 2 unspecified atom stereocenters. The Kier molecular flexibility index (Phi) is 2.45. The van der Waals surface area contributed by atoms with Crippen molar-refractivity contribution < 1.29 is 4.74 Å². The molecule has 0 aromatic rings. The van der Waals surface area contributed by atoms with E-state index in [0.717, 1.165) is 19.6 Å². The van der Waals surface area contributed by atoms with Gasteiger partial charge in [-0.2, -0.15) is 0 Å². The molecule has 1 saturated heterocycles. The average Bonchev–Trinajstić information content (AvgIpc) is 2.37. The van der Waals surface area contributed by atoms with Crippen molar-refractivity contribution in [3.05, 3.63) is 0 Å². The molecule has 0 bridgehead atoms. The molecule has 0 spiro atoms. The highest BCUT2D eigenvalue weighted by atomic mass is 16.5. The molecule has 2 atom stereocenters. The van der Waals surface area contributed by atoms with Crippen LogP contribution in [0.4, 0.5) is 0 Å². The van der Waals surface area contributed by atoms with Crippen molar-refractivity contribution in [1.82, 2.24) is 0 Å². The fourth-order valence-corrected chi connectivity index (χ4v) is 1.08. The minimum absolute atomic E-state index is 0.146. The molecular formula is C6H14N2O. The van der Waals surface area contributed by atoms with Crippen LogP contribution in [0.5, 0.6) is 0 Å². The van der Waals surface area contributed by atoms with E-state index in [1.54, 1.807) is 0 Å². The summed E-state index contributed by atoms with van der Waals surface area (Å²) in [7, 11) is 0. The predicted molar refractivity (Wildman–Crippen MR) is 36.0 cm³/mol. The molecule has 1 aliphatic heterocycles. The number of nitrogens with two attached hydrogens (primary N) is 2. The van der Waals surface area contributed by atoms with Gasteiger partial charge in [0.05, 0.1) is 6.61 Å². The number of hydrogen-bond acceptors (Lipinski definition) is 3. The molecule has 0 amide bonds. The summed E-state index contributed by atoms with van der Waals surface area (Å²) in [6.45, 7) is 2.24. The molecule has 4 N–H and O–H groups in total. The zero-order valence-electron chi connectivity index (χ0n) is 5.55. The Morgan fingerprint density at radius 1 is 1.67 bits per heavy atom. The highest BCUT2D eigenvalue weighted by molar-refractivity contribution is 4.76. The van der Waals surface area contributed by atoms with Crippen LogP contribution in [0.15, 0.2) is 0 Å². The normalized spacial score (nSPS) is 30.7. The molecule has 0 aromatic carbocycles. The third kappa shape index (κ3) is 1.64. The fraction of sp³-hybridized carbons (Fsp3) is 1.00. The summed E-state index contributed by atoms with van der Waals surface area (Å²) in [5, 5.41) is 0. The van der Waals surface area contributed by atoms with E-state index in [2.05, 4.69) is 0 Å². The van der Waals surface area contributed by atoms with Crippen molar-refractivity contribution in [2.24, 2.45) is 17.4 Å². The molecule has 9 heavy (non-hydrogen) atoms. The maximum atomic E-state index is 5.67. The van der Waals surface area contributed by atoms with Crippen LogP contribution in [0.1, 0.15) is 6.42 Å². The molecule has 1 heterocycles. The lowest BCUT2D eigenvalue weighted by atomic mass is 10.0. The first-order valence-electron chi connectivity index (χ1n) is 3.38. The molecule has 0 saturated carbocycles. The Bertz CT molecular complexity index is 81.1. The Labute approximate surface area is 55.4 Å². The van der Waals surface area contributed by atoms with Crippen molar-refractivity contribution in [1.29, 1.82) is 0 Å². The predicted octanol–water partition coefficient (Wildman–Crippen LogP) is -0.691. The summed E-state index contributed by atoms with van der Waals surface area (Å²) in [6.07, 6.45) is 1.08. The molecule has 1 fully saturated rings. The van der Waals surface area contributed by atoms with Gasteiger partial charge in [0.15, 0.2) is 0 Å². The van der Waals surface area contributed by atoms with Crippen LogP contribution in [0.2, 0.25) is 0 Å². The van der Waals surface area contributed by atoms with E-state index in [0.29, 0.717) is 12.5 Å². The summed E-state index contributed by atoms with van der Waals surface area (Å²) < 4.78 is 5.14. The number of ether oxygens (including phenoxy) is 1. The van der Waals surface area contributed by atoms with Gasteiger partial charge in [-0.05, 0) is 6.42 Å². The van der Waals surface area contributed by atoms with E-state index in [4.69, 9.17) is 16.2 Å². The standard InChI is InChI=1S/C6H14N2O/c7-3-6(8)5-1-2-9-4-5/h5-6H,1-4,7-8H2. The van der Waals surface area contributed by atoms with Gasteiger partial charge in [-0.1, -0.05) is 0 Å². The van der Waals surface area contributed by atoms with Crippen molar-refractivity contribution in [3.8, 4) is 0 Å². The van der Waals surface area contributed by atoms with Crippen LogP contribution in [-0.2, 0) is 4.74 Å². The van der Waals surface area contributed by atoms with Gasteiger partial charge in [-0.3, -0.25) is 0 Å². The van der Waals surface area contributed by atoms with Crippen molar-refractivity contribution in [2.45, 2.75) is 12.5 Å². The molecule has 0 aromatic heterocycles. The number of rotatable bonds is 2. The van der Waals surface area contributed by atoms with Crippen LogP contribution < -0.4 is 11.5 Å². The quantitative estimate of drug-likeness (QED) is 0.520. The first-order chi connectivity index (χ1) is 4.34. The Morgan fingerprint density at radius 2 is 2.44 bits per heavy atom. The molecule has 1 aliphatic rings. The second kappa shape index (κ2) is 3.15. The third-order valence-corrected chi connectivity index (χ3v) is 1.84. The first-order valence-corrected chi connectivity index (χ1v) is 3.38. The fourth-order valence-electron chi connectivity index (χ4n) is 1.08. The Balaban J connectivity index is 2.24. The van der Waals surface area contributed by atoms with Gasteiger partial charge >= 0.3 is 0 Å². The monoisotopic (exact) mass is 130 g/mol. The number of hydrogen-bond donors (Lipinski definition) is 2. The summed E-state index contributed by atoms with van der Waals surface area (Å²) >= 11 is 0. The zero-order valence-corrected chi connectivity index (χ0v) is 5.55. The van der Waals surface area contributed by atoms with E-state index in [-0.39, 0.29) is 6.04 Å². The van der Waals surface area contributed by atoms with Gasteiger partial charge in [0.2, 0.25) is 0 Å². The van der Waals surface area contributed by atoms with Gasteiger partial charge in [-0.15, -0.1) is 0 Å². The zero-order chi connectivity index (χ0) is 6.69. The van der Waals surface area contributed by atoms with Gasteiger partial charge in [0.1, 0.15) is 0 Å². The maximum Gasteiger partial charge on any atom is 0.0510 e. The molecular weight excluding hydrogens is 116 g/mol. The second-order valence-corrected chi connectivity index (χ2v) is 2.52. The van der Waals surface area contributed by atoms with E-state index >= 15 is 0 Å². The van der Waals surface area contributed by atoms with Crippen LogP contribution in [0.25, 0.3) is 0 Å². The maximum absolute atomic E-state index is 5.67. The van der Waals surface area contributed by atoms with E-state index in [9.17, 15) is 0 Å². The topological polar surface area (TPSA) is 61.3 Å². The van der Waals surface area contributed by atoms with Gasteiger partial charge in [0, 0.05) is 25.1 Å². The summed E-state index contributed by atoms with van der Waals surface area (Å²) in [6, 6.07) is 0.146. The van der Waals surface area contributed by atoms with Crippen LogP contribution in [-0.4, -0.2) is 25.8 Å². The van der Waals surface area contributed by atoms with Crippen LogP contribution in [0, 0.1) is 5.92 Å². The lowest BCUT2D eigenvalue weighted by molar-refractivity contribution is 0.181. The molecule has 3 nitrogen and oxygen atoms in total. The minimum Gasteiger partial charge on any atom is -0.381 e. The minimum atomic E-state index is 0.146. The van der Waals surface area contributed by atoms with Gasteiger partial charge in [-0.25, -0.2) is 0 Å². The van der Waals surface area contributed by atoms with E-state index < -0.39 is 0 Å². The SMILES string of the molecule is NCC(N)C1CCOC1. The van der Waals surface area contributed by atoms with Crippen LogP contribution >= 0.6 is 0 Å². The van der Waals surface area contributed by atoms with Crippen molar-refractivity contribution in [2.75, 3.05) is 19.8 Å². The third-order valence-electron chi connectivity index (χ3n) is 1.84. The summed E-state index contributed by atoms with van der Waals surface area (Å²) in [5.74, 6) is 0.509. The van der Waals surface area contributed by atoms with E-state index in [1.807, 2.05) is 0 Å². The highest BCUT2D eigenvalue weighted by Gasteiger charge is 2.20. The first kappa shape index (κ1) is 6.99. The van der Waals surface area contributed by atoms with Gasteiger partial charge < -0.3 is 16.2 Å². The molecule has 0 radical (unpaired) electrons. The highest BCUT2D eigenvalue weighted by Crippen LogP contribution is 2.13. The smallest absolute Gasteiger partial charge is 0.0510 e. The molecule has 0 aliphatic carbocycles. The summed E-state index contributed by atoms with van der Waals surface area (Å²) in [4.78, 5) is 0. The van der Waals surface area contributed by atoms with Crippen molar-refractivity contribution in [3.63, 3.8) is 0 Å². The lowest BCUT2D eigenvalue weighted by Gasteiger charge is -2.13. The van der Waals surface area contributed by atoms with E-state index in [1.165, 1.54) is 0 Å².